The van der Waals surface area contributed by atoms with Crippen LogP contribution in [0.5, 0.6) is 0 Å². The number of rotatable bonds is 6. The fourth-order valence-corrected chi connectivity index (χ4v) is 3.60. The van der Waals surface area contributed by atoms with Crippen LogP contribution in [0.25, 0.3) is 0 Å². The van der Waals surface area contributed by atoms with Crippen molar-refractivity contribution in [2.24, 2.45) is 0 Å². The second kappa shape index (κ2) is 8.01. The zero-order valence-corrected chi connectivity index (χ0v) is 13.8. The number of carboxylic acid groups (broad SMARTS) is 1. The Kier molecular flexibility index (Phi) is 6.04. The van der Waals surface area contributed by atoms with E-state index in [0.717, 1.165) is 5.56 Å². The van der Waals surface area contributed by atoms with E-state index in [2.05, 4.69) is 5.32 Å². The first-order valence-electron chi connectivity index (χ1n) is 7.50. The van der Waals surface area contributed by atoms with E-state index in [4.69, 9.17) is 5.11 Å². The number of hydrogen-bond donors (Lipinski definition) is 2. The van der Waals surface area contributed by atoms with Crippen LogP contribution in [0.2, 0.25) is 0 Å². The van der Waals surface area contributed by atoms with E-state index < -0.39 is 12.0 Å². The first kappa shape index (κ1) is 17.3. The quantitative estimate of drug-likeness (QED) is 0.819. The Hall–Kier alpha value is -2.02. The van der Waals surface area contributed by atoms with Crippen LogP contribution in [0.15, 0.2) is 24.3 Å². The summed E-state index contributed by atoms with van der Waals surface area (Å²) in [6.45, 7) is 2.20. The Morgan fingerprint density at radius 1 is 1.39 bits per heavy atom. The van der Waals surface area contributed by atoms with Gasteiger partial charge in [0.25, 0.3) is 0 Å². The van der Waals surface area contributed by atoms with E-state index >= 15 is 0 Å². The number of hydrogen-bond acceptors (Lipinski definition) is 4. The first-order chi connectivity index (χ1) is 11.0. The van der Waals surface area contributed by atoms with Gasteiger partial charge in [-0.2, -0.15) is 0 Å². The summed E-state index contributed by atoms with van der Waals surface area (Å²) in [6.07, 6.45) is 0.945. The summed E-state index contributed by atoms with van der Waals surface area (Å²) in [7, 11) is 0. The average molecular weight is 336 g/mol. The number of carbonyl (C=O) groups is 3. The second-order valence-corrected chi connectivity index (χ2v) is 6.28. The highest BCUT2D eigenvalue weighted by Gasteiger charge is 2.33. The van der Waals surface area contributed by atoms with E-state index in [-0.39, 0.29) is 17.4 Å². The number of carbonyl (C=O) groups excluding carboxylic acids is 2. The van der Waals surface area contributed by atoms with Gasteiger partial charge in [-0.25, -0.2) is 4.79 Å². The molecular formula is C16H20N2O4S. The summed E-state index contributed by atoms with van der Waals surface area (Å²) < 4.78 is 0. The lowest BCUT2D eigenvalue weighted by Crippen LogP contribution is -2.47. The highest BCUT2D eigenvalue weighted by Crippen LogP contribution is 2.21. The molecule has 124 valence electrons. The van der Waals surface area contributed by atoms with E-state index in [9.17, 15) is 14.4 Å². The standard InChI is InChI=1S/C16H20N2O4S/c1-2-14(19)18-10-23-9-13(18)15(20)17-7-6-11-4-3-5-12(8-11)16(21)22/h3-5,8,13H,2,6-7,9-10H2,1H3,(H,17,20)(H,21,22). The van der Waals surface area contributed by atoms with Crippen molar-refractivity contribution < 1.29 is 19.5 Å². The van der Waals surface area contributed by atoms with Crippen molar-refractivity contribution in [1.29, 1.82) is 0 Å². The molecule has 0 saturated carbocycles. The maximum Gasteiger partial charge on any atom is 0.335 e. The number of nitrogens with one attached hydrogen (secondary N) is 1. The fraction of sp³-hybridized carbons (Fsp3) is 0.438. The van der Waals surface area contributed by atoms with E-state index in [1.807, 2.05) is 6.07 Å². The predicted octanol–water partition coefficient (Wildman–Crippen LogP) is 1.35. The Bertz CT molecular complexity index is 605. The lowest BCUT2D eigenvalue weighted by Gasteiger charge is -2.22. The van der Waals surface area contributed by atoms with Gasteiger partial charge in [0.1, 0.15) is 6.04 Å². The molecule has 0 radical (unpaired) electrons. The molecule has 1 saturated heterocycles. The molecule has 0 spiro atoms. The van der Waals surface area contributed by atoms with Gasteiger partial charge in [-0.3, -0.25) is 9.59 Å². The molecule has 6 nitrogen and oxygen atoms in total. The van der Waals surface area contributed by atoms with Gasteiger partial charge >= 0.3 is 5.97 Å². The van der Waals surface area contributed by atoms with Crippen molar-refractivity contribution in [2.45, 2.75) is 25.8 Å². The monoisotopic (exact) mass is 336 g/mol. The zero-order valence-electron chi connectivity index (χ0n) is 12.9. The van der Waals surface area contributed by atoms with Gasteiger partial charge in [0, 0.05) is 18.7 Å². The SMILES string of the molecule is CCC(=O)N1CSCC1C(=O)NCCc1cccc(C(=O)O)c1. The van der Waals surface area contributed by atoms with Crippen molar-refractivity contribution in [2.75, 3.05) is 18.2 Å². The summed E-state index contributed by atoms with van der Waals surface area (Å²) in [5.74, 6) is 0.0559. The zero-order chi connectivity index (χ0) is 16.8. The van der Waals surface area contributed by atoms with Gasteiger partial charge in [-0.15, -0.1) is 11.8 Å². The van der Waals surface area contributed by atoms with Crippen LogP contribution in [0.1, 0.15) is 29.3 Å². The van der Waals surface area contributed by atoms with Crippen LogP contribution in [0, 0.1) is 0 Å². The van der Waals surface area contributed by atoms with Gasteiger partial charge < -0.3 is 15.3 Å². The van der Waals surface area contributed by atoms with Crippen LogP contribution in [-0.2, 0) is 16.0 Å². The fourth-order valence-electron chi connectivity index (χ4n) is 2.42. The Labute approximate surface area is 139 Å². The van der Waals surface area contributed by atoms with Crippen molar-refractivity contribution >= 4 is 29.5 Å². The molecule has 1 unspecified atom stereocenters. The molecular weight excluding hydrogens is 316 g/mol. The molecule has 0 bridgehead atoms. The minimum absolute atomic E-state index is 0.00990. The van der Waals surface area contributed by atoms with E-state index in [0.29, 0.717) is 31.0 Å². The van der Waals surface area contributed by atoms with Crippen molar-refractivity contribution in [3.63, 3.8) is 0 Å². The minimum atomic E-state index is -0.965. The van der Waals surface area contributed by atoms with Gasteiger partial charge in [-0.1, -0.05) is 19.1 Å². The Morgan fingerprint density at radius 3 is 2.87 bits per heavy atom. The number of thioether (sulfide) groups is 1. The molecule has 1 aromatic rings. The summed E-state index contributed by atoms with van der Waals surface area (Å²) in [5, 5.41) is 11.8. The molecule has 1 atom stereocenters. The summed E-state index contributed by atoms with van der Waals surface area (Å²) in [4.78, 5) is 36.6. The van der Waals surface area contributed by atoms with Gasteiger partial charge in [0.2, 0.25) is 11.8 Å². The topological polar surface area (TPSA) is 86.7 Å². The molecule has 2 amide bonds. The Balaban J connectivity index is 1.86. The smallest absolute Gasteiger partial charge is 0.335 e. The highest BCUT2D eigenvalue weighted by atomic mass is 32.2. The summed E-state index contributed by atoms with van der Waals surface area (Å²) in [5.41, 5.74) is 1.09. The maximum atomic E-state index is 12.2. The normalized spacial score (nSPS) is 17.1. The van der Waals surface area contributed by atoms with Gasteiger partial charge in [0.05, 0.1) is 11.4 Å². The number of carboxylic acids is 1. The van der Waals surface area contributed by atoms with E-state index in [1.165, 1.54) is 6.07 Å². The second-order valence-electron chi connectivity index (χ2n) is 5.28. The number of amides is 2. The molecule has 1 heterocycles. The molecule has 23 heavy (non-hydrogen) atoms. The number of nitrogens with zero attached hydrogens (tertiary/aromatic N) is 1. The summed E-state index contributed by atoms with van der Waals surface area (Å²) in [6, 6.07) is 6.26. The number of benzene rings is 1. The molecule has 0 aliphatic carbocycles. The third kappa shape index (κ3) is 4.48. The third-order valence-electron chi connectivity index (χ3n) is 3.69. The highest BCUT2D eigenvalue weighted by molar-refractivity contribution is 7.99. The largest absolute Gasteiger partial charge is 0.478 e. The lowest BCUT2D eigenvalue weighted by molar-refractivity contribution is -0.137. The van der Waals surface area contributed by atoms with Gasteiger partial charge in [0.15, 0.2) is 0 Å². The van der Waals surface area contributed by atoms with Crippen LogP contribution in [-0.4, -0.2) is 52.0 Å². The number of aromatic carboxylic acids is 1. The van der Waals surface area contributed by atoms with Crippen molar-refractivity contribution in [1.82, 2.24) is 10.2 Å². The first-order valence-corrected chi connectivity index (χ1v) is 8.65. The minimum Gasteiger partial charge on any atom is -0.478 e. The summed E-state index contributed by atoms with van der Waals surface area (Å²) >= 11 is 1.58. The molecule has 2 N–H and O–H groups in total. The molecule has 1 aromatic carbocycles. The van der Waals surface area contributed by atoms with E-state index in [1.54, 1.807) is 35.7 Å². The van der Waals surface area contributed by atoms with Crippen LogP contribution >= 0.6 is 11.8 Å². The third-order valence-corrected chi connectivity index (χ3v) is 4.71. The lowest BCUT2D eigenvalue weighted by atomic mass is 10.1. The van der Waals surface area contributed by atoms with Crippen LogP contribution < -0.4 is 5.32 Å². The van der Waals surface area contributed by atoms with Crippen LogP contribution in [0.3, 0.4) is 0 Å². The molecule has 0 aromatic heterocycles. The Morgan fingerprint density at radius 2 is 2.17 bits per heavy atom. The molecule has 2 rings (SSSR count). The molecule has 1 fully saturated rings. The molecule has 1 aliphatic rings. The van der Waals surface area contributed by atoms with Crippen LogP contribution in [0.4, 0.5) is 0 Å². The predicted molar refractivity (Wildman–Crippen MR) is 88.4 cm³/mol. The average Bonchev–Trinajstić information content (AvgIpc) is 3.04. The molecule has 1 aliphatic heterocycles. The van der Waals surface area contributed by atoms with Crippen molar-refractivity contribution in [3.8, 4) is 0 Å². The van der Waals surface area contributed by atoms with Gasteiger partial charge in [-0.05, 0) is 24.1 Å². The maximum absolute atomic E-state index is 12.2. The molecule has 7 heteroatoms. The van der Waals surface area contributed by atoms with Crippen molar-refractivity contribution in [3.05, 3.63) is 35.4 Å².